The van der Waals surface area contributed by atoms with Crippen molar-refractivity contribution in [2.75, 3.05) is 26.2 Å². The minimum Gasteiger partial charge on any atom is -0.390 e. The lowest BCUT2D eigenvalue weighted by Crippen LogP contribution is -2.43. The second-order valence-corrected chi connectivity index (χ2v) is 6.07. The van der Waals surface area contributed by atoms with Crippen molar-refractivity contribution in [1.29, 1.82) is 0 Å². The number of hydrogen-bond donors (Lipinski definition) is 2. The molecule has 0 aromatic heterocycles. The Labute approximate surface area is 133 Å². The van der Waals surface area contributed by atoms with Gasteiger partial charge in [0.1, 0.15) is 0 Å². The number of nitrogens with one attached hydrogen (secondary N) is 1. The SMILES string of the molecule is CC1CCN(CC(O)CNC(=O)c2ccc(F)c(F)c2F)CC1. The number of aliphatic hydroxyl groups is 1. The van der Waals surface area contributed by atoms with E-state index in [9.17, 15) is 23.1 Å². The molecule has 1 fully saturated rings. The molecule has 128 valence electrons. The first-order valence-electron chi connectivity index (χ1n) is 7.70. The zero-order valence-electron chi connectivity index (χ0n) is 13.0. The minimum absolute atomic E-state index is 0.0800. The van der Waals surface area contributed by atoms with Gasteiger partial charge < -0.3 is 15.3 Å². The van der Waals surface area contributed by atoms with Gasteiger partial charge in [-0.05, 0) is 44.0 Å². The van der Waals surface area contributed by atoms with E-state index >= 15 is 0 Å². The summed E-state index contributed by atoms with van der Waals surface area (Å²) in [5, 5.41) is 12.3. The average molecular weight is 330 g/mol. The second kappa shape index (κ2) is 7.79. The van der Waals surface area contributed by atoms with Crippen LogP contribution in [0.5, 0.6) is 0 Å². The number of carbonyl (C=O) groups excluding carboxylic acids is 1. The maximum Gasteiger partial charge on any atom is 0.254 e. The normalized spacial score (nSPS) is 18.0. The van der Waals surface area contributed by atoms with Crippen LogP contribution in [0.15, 0.2) is 12.1 Å². The Hall–Kier alpha value is -1.60. The van der Waals surface area contributed by atoms with Crippen molar-refractivity contribution in [2.24, 2.45) is 5.92 Å². The van der Waals surface area contributed by atoms with Crippen LogP contribution in [-0.4, -0.2) is 48.2 Å². The third kappa shape index (κ3) is 4.68. The molecule has 2 N–H and O–H groups in total. The van der Waals surface area contributed by atoms with E-state index < -0.39 is 35.0 Å². The van der Waals surface area contributed by atoms with Gasteiger partial charge in [-0.25, -0.2) is 13.2 Å². The first kappa shape index (κ1) is 17.7. The summed E-state index contributed by atoms with van der Waals surface area (Å²) in [5.41, 5.74) is -0.581. The van der Waals surface area contributed by atoms with Crippen LogP contribution >= 0.6 is 0 Å². The van der Waals surface area contributed by atoms with Gasteiger partial charge in [-0.1, -0.05) is 6.92 Å². The average Bonchev–Trinajstić information content (AvgIpc) is 2.53. The molecule has 1 unspecified atom stereocenters. The van der Waals surface area contributed by atoms with E-state index in [1.165, 1.54) is 0 Å². The number of piperidine rings is 1. The Morgan fingerprint density at radius 2 is 1.96 bits per heavy atom. The van der Waals surface area contributed by atoms with Gasteiger partial charge in [0, 0.05) is 13.1 Å². The lowest BCUT2D eigenvalue weighted by molar-refractivity contribution is 0.0792. The molecular weight excluding hydrogens is 309 g/mol. The summed E-state index contributed by atoms with van der Waals surface area (Å²) in [6.07, 6.45) is 1.33. The Morgan fingerprint density at radius 3 is 2.61 bits per heavy atom. The van der Waals surface area contributed by atoms with Gasteiger partial charge in [-0.3, -0.25) is 4.79 Å². The van der Waals surface area contributed by atoms with E-state index in [0.29, 0.717) is 18.5 Å². The molecule has 1 amide bonds. The summed E-state index contributed by atoms with van der Waals surface area (Å²) in [5.74, 6) is -4.76. The molecule has 23 heavy (non-hydrogen) atoms. The molecule has 0 radical (unpaired) electrons. The summed E-state index contributed by atoms with van der Waals surface area (Å²) in [7, 11) is 0. The monoisotopic (exact) mass is 330 g/mol. The summed E-state index contributed by atoms with van der Waals surface area (Å²) in [6.45, 7) is 4.30. The molecule has 1 saturated heterocycles. The minimum atomic E-state index is -1.68. The van der Waals surface area contributed by atoms with Crippen LogP contribution in [0.3, 0.4) is 0 Å². The van der Waals surface area contributed by atoms with Crippen molar-refractivity contribution in [1.82, 2.24) is 10.2 Å². The number of carbonyl (C=O) groups is 1. The van der Waals surface area contributed by atoms with Crippen molar-refractivity contribution in [2.45, 2.75) is 25.9 Å². The van der Waals surface area contributed by atoms with Crippen molar-refractivity contribution < 1.29 is 23.1 Å². The van der Waals surface area contributed by atoms with Gasteiger partial charge in [0.25, 0.3) is 5.91 Å². The molecule has 1 atom stereocenters. The molecule has 1 aromatic carbocycles. The van der Waals surface area contributed by atoms with Crippen molar-refractivity contribution in [3.05, 3.63) is 35.1 Å². The van der Waals surface area contributed by atoms with Crippen LogP contribution in [0.1, 0.15) is 30.1 Å². The van der Waals surface area contributed by atoms with E-state index in [0.717, 1.165) is 32.0 Å². The number of benzene rings is 1. The highest BCUT2D eigenvalue weighted by atomic mass is 19.2. The maximum absolute atomic E-state index is 13.5. The topological polar surface area (TPSA) is 52.6 Å². The number of nitrogens with zero attached hydrogens (tertiary/aromatic N) is 1. The molecule has 0 saturated carbocycles. The van der Waals surface area contributed by atoms with Crippen molar-refractivity contribution in [3.63, 3.8) is 0 Å². The maximum atomic E-state index is 13.5. The van der Waals surface area contributed by atoms with Crippen molar-refractivity contribution in [3.8, 4) is 0 Å². The van der Waals surface area contributed by atoms with E-state index in [2.05, 4.69) is 17.1 Å². The third-order valence-electron chi connectivity index (χ3n) is 4.12. The van der Waals surface area contributed by atoms with Crippen LogP contribution in [0, 0.1) is 23.4 Å². The Balaban J connectivity index is 1.83. The van der Waals surface area contributed by atoms with Crippen LogP contribution in [0.4, 0.5) is 13.2 Å². The lowest BCUT2D eigenvalue weighted by Gasteiger charge is -2.31. The molecule has 1 aliphatic heterocycles. The number of amides is 1. The van der Waals surface area contributed by atoms with Gasteiger partial charge in [0.05, 0.1) is 11.7 Å². The summed E-state index contributed by atoms with van der Waals surface area (Å²) in [4.78, 5) is 13.9. The first-order chi connectivity index (χ1) is 10.9. The second-order valence-electron chi connectivity index (χ2n) is 6.07. The van der Waals surface area contributed by atoms with Crippen molar-refractivity contribution >= 4 is 5.91 Å². The Kier molecular flexibility index (Phi) is 6.01. The molecular formula is C16H21F3N2O2. The van der Waals surface area contributed by atoms with E-state index in [4.69, 9.17) is 0 Å². The highest BCUT2D eigenvalue weighted by Gasteiger charge is 2.21. The van der Waals surface area contributed by atoms with E-state index in [1.54, 1.807) is 0 Å². The zero-order valence-corrected chi connectivity index (χ0v) is 13.0. The fourth-order valence-electron chi connectivity index (χ4n) is 2.61. The molecule has 4 nitrogen and oxygen atoms in total. The van der Waals surface area contributed by atoms with Gasteiger partial charge in [0.2, 0.25) is 0 Å². The fraction of sp³-hybridized carbons (Fsp3) is 0.562. The molecule has 7 heteroatoms. The lowest BCUT2D eigenvalue weighted by atomic mass is 9.99. The number of likely N-dealkylation sites (tertiary alicyclic amines) is 1. The predicted molar refractivity (Wildman–Crippen MR) is 79.5 cm³/mol. The smallest absolute Gasteiger partial charge is 0.254 e. The number of hydrogen-bond acceptors (Lipinski definition) is 3. The summed E-state index contributed by atoms with van der Waals surface area (Å²) < 4.78 is 39.4. The number of halogens is 3. The largest absolute Gasteiger partial charge is 0.390 e. The van der Waals surface area contributed by atoms with Crippen LogP contribution in [0.2, 0.25) is 0 Å². The molecule has 0 spiro atoms. The van der Waals surface area contributed by atoms with Crippen LogP contribution in [-0.2, 0) is 0 Å². The third-order valence-corrected chi connectivity index (χ3v) is 4.12. The van der Waals surface area contributed by atoms with E-state index in [-0.39, 0.29) is 6.54 Å². The van der Waals surface area contributed by atoms with E-state index in [1.807, 2.05) is 0 Å². The number of rotatable bonds is 5. The molecule has 2 rings (SSSR count). The Morgan fingerprint density at radius 1 is 1.30 bits per heavy atom. The predicted octanol–water partition coefficient (Wildman–Crippen LogP) is 1.93. The van der Waals surface area contributed by atoms with Gasteiger partial charge >= 0.3 is 0 Å². The molecule has 1 aromatic rings. The summed E-state index contributed by atoms with van der Waals surface area (Å²) in [6, 6.07) is 1.57. The molecule has 1 heterocycles. The van der Waals surface area contributed by atoms with Crippen LogP contribution < -0.4 is 5.32 Å². The molecule has 0 bridgehead atoms. The summed E-state index contributed by atoms with van der Waals surface area (Å²) >= 11 is 0. The van der Waals surface area contributed by atoms with Gasteiger partial charge in [-0.2, -0.15) is 0 Å². The molecule has 0 aliphatic carbocycles. The first-order valence-corrected chi connectivity index (χ1v) is 7.70. The highest BCUT2D eigenvalue weighted by Crippen LogP contribution is 2.16. The quantitative estimate of drug-likeness (QED) is 0.811. The van der Waals surface area contributed by atoms with Crippen LogP contribution in [0.25, 0.3) is 0 Å². The highest BCUT2D eigenvalue weighted by molar-refractivity contribution is 5.94. The van der Waals surface area contributed by atoms with Gasteiger partial charge in [-0.15, -0.1) is 0 Å². The number of aliphatic hydroxyl groups excluding tert-OH is 1. The number of β-amino-alcohol motifs (C(OH)–C–C–N with tert-alkyl or cyclic N) is 1. The standard InChI is InChI=1S/C16H21F3N2O2/c1-10-4-6-21(7-5-10)9-11(22)8-20-16(23)12-2-3-13(17)15(19)14(12)18/h2-3,10-11,22H,4-9H2,1H3,(H,20,23). The Bertz CT molecular complexity index is 561. The van der Waals surface area contributed by atoms with Gasteiger partial charge in [0.15, 0.2) is 17.5 Å². The zero-order chi connectivity index (χ0) is 17.0. The fourth-order valence-corrected chi connectivity index (χ4v) is 2.61. The molecule has 1 aliphatic rings.